The van der Waals surface area contributed by atoms with Gasteiger partial charge >= 0.3 is 0 Å². The molecule has 2 saturated heterocycles. The van der Waals surface area contributed by atoms with E-state index in [1.54, 1.807) is 42.7 Å². The highest BCUT2D eigenvalue weighted by molar-refractivity contribution is 6.51. The zero-order valence-electron chi connectivity index (χ0n) is 21.6. The van der Waals surface area contributed by atoms with Crippen LogP contribution in [0.5, 0.6) is 11.5 Å². The van der Waals surface area contributed by atoms with E-state index in [0.717, 1.165) is 31.9 Å². The number of ether oxygens (including phenoxy) is 2. The van der Waals surface area contributed by atoms with Crippen molar-refractivity contribution in [2.75, 3.05) is 57.2 Å². The summed E-state index contributed by atoms with van der Waals surface area (Å²) in [6.45, 7) is 3.80. The zero-order valence-corrected chi connectivity index (χ0v) is 21.6. The second-order valence-corrected chi connectivity index (χ2v) is 9.33. The average molecular weight is 515 g/mol. The molecule has 38 heavy (non-hydrogen) atoms. The Bertz CT molecular complexity index is 1370. The zero-order chi connectivity index (χ0) is 26.8. The van der Waals surface area contributed by atoms with Crippen molar-refractivity contribution in [1.29, 1.82) is 0 Å². The lowest BCUT2D eigenvalue weighted by atomic mass is 9.95. The van der Waals surface area contributed by atoms with Crippen LogP contribution in [0, 0.1) is 0 Å². The molecule has 0 bridgehead atoms. The lowest BCUT2D eigenvalue weighted by Crippen LogP contribution is -2.44. The quantitative estimate of drug-likeness (QED) is 0.304. The summed E-state index contributed by atoms with van der Waals surface area (Å²) in [7, 11) is 5.11. The maximum Gasteiger partial charge on any atom is 0.300 e. The third kappa shape index (κ3) is 4.56. The SMILES string of the molecule is COc1ccc(/C(O)=C2/C(=O)C(=O)N(c3ccc(N4CCN(C)CC4)cc3)C2c2ccncc2)cc1OC. The first-order chi connectivity index (χ1) is 18.4. The van der Waals surface area contributed by atoms with Gasteiger partial charge in [-0.15, -0.1) is 0 Å². The summed E-state index contributed by atoms with van der Waals surface area (Å²) in [5, 5.41) is 11.4. The molecule has 1 N–H and O–H groups in total. The lowest BCUT2D eigenvalue weighted by molar-refractivity contribution is -0.132. The number of carbonyl (C=O) groups is 2. The van der Waals surface area contributed by atoms with Gasteiger partial charge in [-0.3, -0.25) is 19.5 Å². The Morgan fingerprint density at radius 1 is 0.868 bits per heavy atom. The molecule has 2 aliphatic heterocycles. The Morgan fingerprint density at radius 3 is 2.13 bits per heavy atom. The van der Waals surface area contributed by atoms with Crippen LogP contribution in [-0.2, 0) is 9.59 Å². The van der Waals surface area contributed by atoms with Crippen LogP contribution in [0.15, 0.2) is 72.6 Å². The van der Waals surface area contributed by atoms with Crippen LogP contribution in [0.2, 0.25) is 0 Å². The first kappa shape index (κ1) is 25.3. The van der Waals surface area contributed by atoms with Gasteiger partial charge in [0.05, 0.1) is 25.8 Å². The Hall–Kier alpha value is -4.37. The van der Waals surface area contributed by atoms with Gasteiger partial charge in [0.2, 0.25) is 0 Å². The van der Waals surface area contributed by atoms with Crippen molar-refractivity contribution >= 4 is 28.8 Å². The Labute approximate surface area is 221 Å². The van der Waals surface area contributed by atoms with Gasteiger partial charge in [-0.25, -0.2) is 0 Å². The van der Waals surface area contributed by atoms with E-state index in [9.17, 15) is 14.7 Å². The molecule has 0 saturated carbocycles. The van der Waals surface area contributed by atoms with Crippen molar-refractivity contribution in [2.24, 2.45) is 0 Å². The van der Waals surface area contributed by atoms with Gasteiger partial charge in [-0.2, -0.15) is 0 Å². The second kappa shape index (κ2) is 10.5. The number of pyridine rings is 1. The largest absolute Gasteiger partial charge is 0.507 e. The van der Waals surface area contributed by atoms with E-state index >= 15 is 0 Å². The van der Waals surface area contributed by atoms with Crippen molar-refractivity contribution in [1.82, 2.24) is 9.88 Å². The highest BCUT2D eigenvalue weighted by Crippen LogP contribution is 2.43. The molecule has 9 heteroatoms. The molecule has 196 valence electrons. The summed E-state index contributed by atoms with van der Waals surface area (Å²) >= 11 is 0. The summed E-state index contributed by atoms with van der Waals surface area (Å²) in [4.78, 5) is 37.0. The number of aromatic nitrogens is 1. The third-order valence-corrected chi connectivity index (χ3v) is 7.12. The standard InChI is InChI=1S/C29H30N4O5/c1-31-14-16-32(17-15-31)21-5-7-22(8-6-21)33-26(19-10-12-30-13-11-19)25(28(35)29(33)36)27(34)20-4-9-23(37-2)24(18-20)38-3/h4-13,18,26,34H,14-17H2,1-3H3/b27-25-. The second-order valence-electron chi connectivity index (χ2n) is 9.33. The number of hydrogen-bond acceptors (Lipinski definition) is 8. The highest BCUT2D eigenvalue weighted by Gasteiger charge is 2.47. The van der Waals surface area contributed by atoms with Crippen LogP contribution in [0.4, 0.5) is 11.4 Å². The molecule has 9 nitrogen and oxygen atoms in total. The van der Waals surface area contributed by atoms with Crippen molar-refractivity contribution in [2.45, 2.75) is 6.04 Å². The fourth-order valence-electron chi connectivity index (χ4n) is 4.99. The number of hydrogen-bond donors (Lipinski definition) is 1. The average Bonchev–Trinajstić information content (AvgIpc) is 3.23. The number of amides is 1. The van der Waals surface area contributed by atoms with Crippen LogP contribution < -0.4 is 19.3 Å². The van der Waals surface area contributed by atoms with Gasteiger partial charge in [-0.1, -0.05) is 0 Å². The molecule has 0 radical (unpaired) electrons. The fourth-order valence-corrected chi connectivity index (χ4v) is 4.99. The van der Waals surface area contributed by atoms with E-state index in [0.29, 0.717) is 28.3 Å². The van der Waals surface area contributed by atoms with Gasteiger partial charge < -0.3 is 24.4 Å². The summed E-state index contributed by atoms with van der Waals surface area (Å²) in [5.41, 5.74) is 2.62. The molecular weight excluding hydrogens is 484 g/mol. The molecule has 5 rings (SSSR count). The van der Waals surface area contributed by atoms with Crippen LogP contribution >= 0.6 is 0 Å². The molecule has 2 fully saturated rings. The van der Waals surface area contributed by atoms with Gasteiger partial charge in [0.25, 0.3) is 11.7 Å². The molecule has 1 unspecified atom stereocenters. The predicted molar refractivity (Wildman–Crippen MR) is 145 cm³/mol. The van der Waals surface area contributed by atoms with E-state index in [1.807, 2.05) is 24.3 Å². The molecule has 0 spiro atoms. The minimum absolute atomic E-state index is 0.00318. The number of benzene rings is 2. The molecule has 1 aromatic heterocycles. The summed E-state index contributed by atoms with van der Waals surface area (Å²) < 4.78 is 10.7. The molecule has 3 heterocycles. The number of rotatable bonds is 6. The Morgan fingerprint density at radius 2 is 1.50 bits per heavy atom. The van der Waals surface area contributed by atoms with Crippen molar-refractivity contribution in [3.63, 3.8) is 0 Å². The molecule has 1 atom stereocenters. The van der Waals surface area contributed by atoms with E-state index in [4.69, 9.17) is 9.47 Å². The number of methoxy groups -OCH3 is 2. The molecule has 2 aliphatic rings. The minimum atomic E-state index is -0.833. The number of aliphatic hydroxyl groups excluding tert-OH is 1. The number of piperazine rings is 1. The Kier molecular flexibility index (Phi) is 7.02. The van der Waals surface area contributed by atoms with Gasteiger partial charge in [0, 0.05) is 55.5 Å². The lowest BCUT2D eigenvalue weighted by Gasteiger charge is -2.34. The number of carbonyl (C=O) groups excluding carboxylic acids is 2. The minimum Gasteiger partial charge on any atom is -0.507 e. The van der Waals surface area contributed by atoms with E-state index in [-0.39, 0.29) is 11.3 Å². The summed E-state index contributed by atoms with van der Waals surface area (Å²) in [5.74, 6) is -0.882. The molecule has 3 aromatic rings. The van der Waals surface area contributed by atoms with Gasteiger partial charge in [-0.05, 0) is 67.2 Å². The van der Waals surface area contributed by atoms with Crippen molar-refractivity contribution in [3.05, 3.63) is 83.7 Å². The molecule has 0 aliphatic carbocycles. The number of anilines is 2. The van der Waals surface area contributed by atoms with Gasteiger partial charge in [0.15, 0.2) is 11.5 Å². The first-order valence-corrected chi connectivity index (χ1v) is 12.4. The molecule has 2 aromatic carbocycles. The van der Waals surface area contributed by atoms with Crippen LogP contribution in [0.25, 0.3) is 5.76 Å². The van der Waals surface area contributed by atoms with Crippen LogP contribution in [-0.4, -0.2) is 74.1 Å². The summed E-state index contributed by atoms with van der Waals surface area (Å²) in [6, 6.07) is 15.1. The smallest absolute Gasteiger partial charge is 0.300 e. The predicted octanol–water partition coefficient (Wildman–Crippen LogP) is 3.48. The maximum absolute atomic E-state index is 13.4. The number of aliphatic hydroxyl groups is 1. The number of ketones is 1. The molecular formula is C29H30N4O5. The van der Waals surface area contributed by atoms with Crippen LogP contribution in [0.3, 0.4) is 0 Å². The van der Waals surface area contributed by atoms with E-state index in [2.05, 4.69) is 21.8 Å². The number of nitrogens with zero attached hydrogens (tertiary/aromatic N) is 4. The van der Waals surface area contributed by atoms with Crippen molar-refractivity contribution < 1.29 is 24.2 Å². The fraction of sp³-hybridized carbons (Fsp3) is 0.276. The van der Waals surface area contributed by atoms with Crippen LogP contribution in [0.1, 0.15) is 17.2 Å². The van der Waals surface area contributed by atoms with E-state index in [1.165, 1.54) is 19.1 Å². The van der Waals surface area contributed by atoms with Gasteiger partial charge in [0.1, 0.15) is 5.76 Å². The molecule has 1 amide bonds. The number of likely N-dealkylation sites (N-methyl/N-ethyl adjacent to an activating group) is 1. The first-order valence-electron chi connectivity index (χ1n) is 12.4. The summed E-state index contributed by atoms with van der Waals surface area (Å²) in [6.07, 6.45) is 3.20. The van der Waals surface area contributed by atoms with Crippen molar-refractivity contribution in [3.8, 4) is 11.5 Å². The topological polar surface area (TPSA) is 95.4 Å². The monoisotopic (exact) mass is 514 g/mol. The highest BCUT2D eigenvalue weighted by atomic mass is 16.5. The Balaban J connectivity index is 1.57. The van der Waals surface area contributed by atoms with E-state index < -0.39 is 17.7 Å². The third-order valence-electron chi connectivity index (χ3n) is 7.12. The normalized spacial score (nSPS) is 19.6. The number of Topliss-reactive ketones (excluding diaryl/α,β-unsaturated/α-hetero) is 1. The maximum atomic E-state index is 13.4.